The number of methoxy groups -OCH3 is 1. The quantitative estimate of drug-likeness (QED) is 0.872. The average molecular weight is 333 g/mol. The van der Waals surface area contributed by atoms with Crippen molar-refractivity contribution in [1.82, 2.24) is 25.9 Å². The number of alkyl carbamates (subject to hydrolysis) is 1. The number of aromatic nitrogens is 4. The van der Waals surface area contributed by atoms with Crippen LogP contribution >= 0.6 is 0 Å². The Morgan fingerprint density at radius 1 is 1.25 bits per heavy atom. The summed E-state index contributed by atoms with van der Waals surface area (Å²) < 4.78 is 10.5. The number of carbonyl (C=O) groups excluding carboxylic acids is 1. The molecule has 0 fully saturated rings. The van der Waals surface area contributed by atoms with Crippen molar-refractivity contribution in [1.29, 1.82) is 0 Å². The number of nitrogens with one attached hydrogen (secondary N) is 2. The molecule has 0 unspecified atom stereocenters. The summed E-state index contributed by atoms with van der Waals surface area (Å²) in [5, 5.41) is 16.8. The normalized spacial score (nSPS) is 13.9. The molecule has 0 aliphatic rings. The molecule has 130 valence electrons. The van der Waals surface area contributed by atoms with Crippen LogP contribution in [0.4, 0.5) is 4.79 Å². The number of nitrogens with zero attached hydrogens (tertiary/aromatic N) is 3. The second kappa shape index (κ2) is 7.29. The van der Waals surface area contributed by atoms with Gasteiger partial charge >= 0.3 is 6.09 Å². The summed E-state index contributed by atoms with van der Waals surface area (Å²) in [5.41, 5.74) is 0.413. The molecule has 0 bridgehead atoms. The summed E-state index contributed by atoms with van der Waals surface area (Å²) >= 11 is 0. The largest absolute Gasteiger partial charge is 0.497 e. The van der Waals surface area contributed by atoms with Crippen molar-refractivity contribution in [2.24, 2.45) is 0 Å². The molecule has 1 aromatic heterocycles. The molecule has 1 heterocycles. The molecule has 2 aromatic rings. The maximum absolute atomic E-state index is 12.2. The maximum atomic E-state index is 12.2. The molecule has 0 spiro atoms. The molecular weight excluding hydrogens is 310 g/mol. The molecule has 0 aliphatic heterocycles. The Bertz CT molecular complexity index is 649. The fourth-order valence-corrected chi connectivity index (χ4v) is 2.25. The highest BCUT2D eigenvalue weighted by atomic mass is 16.6. The van der Waals surface area contributed by atoms with Crippen molar-refractivity contribution in [3.8, 4) is 5.75 Å². The molecule has 2 rings (SSSR count). The van der Waals surface area contributed by atoms with Crippen molar-refractivity contribution in [3.63, 3.8) is 0 Å². The summed E-state index contributed by atoms with van der Waals surface area (Å²) in [5.74, 6) is 1.06. The second-order valence-electron chi connectivity index (χ2n) is 6.46. The lowest BCUT2D eigenvalue weighted by atomic mass is 9.93. The number of aromatic amines is 1. The monoisotopic (exact) mass is 333 g/mol. The lowest BCUT2D eigenvalue weighted by Gasteiger charge is -2.25. The van der Waals surface area contributed by atoms with E-state index in [0.29, 0.717) is 5.82 Å². The molecule has 1 aromatic carbocycles. The van der Waals surface area contributed by atoms with E-state index in [1.165, 1.54) is 0 Å². The minimum atomic E-state index is -0.588. The first-order valence-electron chi connectivity index (χ1n) is 7.67. The summed E-state index contributed by atoms with van der Waals surface area (Å²) in [6, 6.07) is 7.13. The van der Waals surface area contributed by atoms with Gasteiger partial charge in [0.15, 0.2) is 5.82 Å². The number of H-pyrrole nitrogens is 1. The summed E-state index contributed by atoms with van der Waals surface area (Å²) in [6.07, 6.45) is -0.530. The number of rotatable bonds is 5. The predicted molar refractivity (Wildman–Crippen MR) is 87.7 cm³/mol. The minimum Gasteiger partial charge on any atom is -0.497 e. The summed E-state index contributed by atoms with van der Waals surface area (Å²) in [4.78, 5) is 12.2. The number of carbonyl (C=O) groups is 1. The van der Waals surface area contributed by atoms with Gasteiger partial charge in [-0.25, -0.2) is 4.79 Å². The van der Waals surface area contributed by atoms with Gasteiger partial charge in [-0.05, 0) is 38.5 Å². The van der Waals surface area contributed by atoms with Gasteiger partial charge in [0.2, 0.25) is 0 Å². The summed E-state index contributed by atoms with van der Waals surface area (Å²) in [7, 11) is 1.62. The highest BCUT2D eigenvalue weighted by Crippen LogP contribution is 2.30. The Morgan fingerprint density at radius 3 is 2.42 bits per heavy atom. The predicted octanol–water partition coefficient (Wildman–Crippen LogP) is 2.58. The molecule has 0 saturated heterocycles. The molecule has 2 N–H and O–H groups in total. The van der Waals surface area contributed by atoms with E-state index in [-0.39, 0.29) is 5.92 Å². The average Bonchev–Trinajstić information content (AvgIpc) is 3.04. The number of hydrogen-bond acceptors (Lipinski definition) is 6. The SMILES string of the molecule is COc1ccc([C@H](C)[C@H](NC(=O)OC(C)(C)C)c2nn[nH]n2)cc1. The van der Waals surface area contributed by atoms with E-state index >= 15 is 0 Å². The fourth-order valence-electron chi connectivity index (χ4n) is 2.25. The number of hydrogen-bond donors (Lipinski definition) is 2. The highest BCUT2D eigenvalue weighted by molar-refractivity contribution is 5.68. The van der Waals surface area contributed by atoms with Crippen molar-refractivity contribution < 1.29 is 14.3 Å². The smallest absolute Gasteiger partial charge is 0.408 e. The van der Waals surface area contributed by atoms with Crippen LogP contribution in [0.15, 0.2) is 24.3 Å². The van der Waals surface area contributed by atoms with Gasteiger partial charge in [0, 0.05) is 5.92 Å². The van der Waals surface area contributed by atoms with Crippen LogP contribution in [0.25, 0.3) is 0 Å². The number of amides is 1. The lowest BCUT2D eigenvalue weighted by Crippen LogP contribution is -2.37. The van der Waals surface area contributed by atoms with E-state index in [9.17, 15) is 4.79 Å². The zero-order chi connectivity index (χ0) is 17.7. The first-order chi connectivity index (χ1) is 11.3. The molecule has 24 heavy (non-hydrogen) atoms. The molecule has 1 amide bonds. The van der Waals surface area contributed by atoms with Crippen molar-refractivity contribution >= 4 is 6.09 Å². The molecule has 8 nitrogen and oxygen atoms in total. The first-order valence-corrected chi connectivity index (χ1v) is 7.67. The number of ether oxygens (including phenoxy) is 2. The Hall–Kier alpha value is -2.64. The lowest BCUT2D eigenvalue weighted by molar-refractivity contribution is 0.0494. The van der Waals surface area contributed by atoms with Crippen LogP contribution in [0.5, 0.6) is 5.75 Å². The number of benzene rings is 1. The zero-order valence-electron chi connectivity index (χ0n) is 14.5. The second-order valence-corrected chi connectivity index (χ2v) is 6.46. The van der Waals surface area contributed by atoms with Crippen LogP contribution in [0.2, 0.25) is 0 Å². The van der Waals surface area contributed by atoms with E-state index in [1.54, 1.807) is 7.11 Å². The van der Waals surface area contributed by atoms with E-state index in [2.05, 4.69) is 25.9 Å². The van der Waals surface area contributed by atoms with Crippen molar-refractivity contribution in [3.05, 3.63) is 35.7 Å². The van der Waals surface area contributed by atoms with E-state index < -0.39 is 17.7 Å². The topological polar surface area (TPSA) is 102 Å². The van der Waals surface area contributed by atoms with Gasteiger partial charge in [0.05, 0.1) is 7.11 Å². The third kappa shape index (κ3) is 4.68. The Labute approximate surface area is 140 Å². The van der Waals surface area contributed by atoms with Gasteiger partial charge in [0.25, 0.3) is 0 Å². The van der Waals surface area contributed by atoms with Gasteiger partial charge in [0.1, 0.15) is 17.4 Å². The van der Waals surface area contributed by atoms with Crippen LogP contribution < -0.4 is 10.1 Å². The zero-order valence-corrected chi connectivity index (χ0v) is 14.5. The Balaban J connectivity index is 2.20. The maximum Gasteiger partial charge on any atom is 0.408 e. The molecule has 2 atom stereocenters. The van der Waals surface area contributed by atoms with Gasteiger partial charge in [-0.3, -0.25) is 0 Å². The molecule has 0 saturated carbocycles. The van der Waals surface area contributed by atoms with Gasteiger partial charge < -0.3 is 14.8 Å². The van der Waals surface area contributed by atoms with Crippen molar-refractivity contribution in [2.45, 2.75) is 45.3 Å². The van der Waals surface area contributed by atoms with E-state index in [1.807, 2.05) is 52.0 Å². The molecule has 0 aliphatic carbocycles. The van der Waals surface area contributed by atoms with Crippen LogP contribution in [0.1, 0.15) is 51.0 Å². The third-order valence-electron chi connectivity index (χ3n) is 3.45. The van der Waals surface area contributed by atoms with Gasteiger partial charge in [-0.15, -0.1) is 10.2 Å². The van der Waals surface area contributed by atoms with Crippen LogP contribution in [-0.2, 0) is 4.74 Å². The Morgan fingerprint density at radius 2 is 1.92 bits per heavy atom. The highest BCUT2D eigenvalue weighted by Gasteiger charge is 2.28. The number of tetrazole rings is 1. The Kier molecular flexibility index (Phi) is 5.38. The van der Waals surface area contributed by atoms with Gasteiger partial charge in [-0.1, -0.05) is 24.3 Å². The standard InChI is InChI=1S/C16H23N5O3/c1-10(11-6-8-12(23-5)9-7-11)13(14-18-20-21-19-14)17-15(22)24-16(2,3)4/h6-10,13H,1-5H3,(H,17,22)(H,18,19,20,21)/t10-,13-/m0/s1. The summed E-state index contributed by atoms with van der Waals surface area (Å²) in [6.45, 7) is 7.40. The van der Waals surface area contributed by atoms with Crippen molar-refractivity contribution in [2.75, 3.05) is 7.11 Å². The molecule has 0 radical (unpaired) electrons. The van der Waals surface area contributed by atoms with Crippen LogP contribution in [-0.4, -0.2) is 39.4 Å². The van der Waals surface area contributed by atoms with Crippen LogP contribution in [0, 0.1) is 0 Å². The fraction of sp³-hybridized carbons (Fsp3) is 0.500. The van der Waals surface area contributed by atoms with Gasteiger partial charge in [-0.2, -0.15) is 5.21 Å². The van der Waals surface area contributed by atoms with Crippen LogP contribution in [0.3, 0.4) is 0 Å². The van der Waals surface area contributed by atoms with E-state index in [4.69, 9.17) is 9.47 Å². The van der Waals surface area contributed by atoms with E-state index in [0.717, 1.165) is 11.3 Å². The first kappa shape index (κ1) is 17.7. The third-order valence-corrected chi connectivity index (χ3v) is 3.45. The molecular formula is C16H23N5O3. The molecule has 8 heteroatoms. The minimum absolute atomic E-state index is 0.0963.